The Morgan fingerprint density at radius 3 is 1.14 bits per heavy atom. The second kappa shape index (κ2) is 59.1. The van der Waals surface area contributed by atoms with Crippen molar-refractivity contribution in [3.63, 3.8) is 0 Å². The number of nitrogens with two attached hydrogens (primary N) is 6. The topological polar surface area (TPSA) is 747 Å². The Hall–Kier alpha value is -13.6. The minimum absolute atomic E-state index is 0.0402. The Labute approximate surface area is 776 Å². The van der Waals surface area contributed by atoms with Gasteiger partial charge in [-0.1, -0.05) is 137 Å². The van der Waals surface area contributed by atoms with Crippen molar-refractivity contribution >= 4 is 117 Å². The van der Waals surface area contributed by atoms with Gasteiger partial charge in [0.05, 0.1) is 32.2 Å². The van der Waals surface area contributed by atoms with Gasteiger partial charge in [-0.05, 0) is 150 Å². The SMILES string of the molecule is CC(C)C[C@H](NC(=O)[C@H](CCCCN)NC(=O)[C@H](Cc1ccccc1)NC(=O)[C@H](Cc1ccccc1)NC(=O)[C@H](CO)NC(=O)[C@H](CCCCN)NC(=O)[C@H](CCCNC(=N)N)NC(=O)[C@@H](NC(=O)[C@H](CCCCN)NC(=O)[C@@H](N)Cc1c[nH]c2ccccc12)C(C)C)C(=O)N[C@@H](CCC(=O)O)C(=O)NCC(=O)N[C@@H](CO)C(=O)N[C@@H](Cc1ccccc1)C(=O)N[C@@H](CC(=O)O)C(N)=O. The fourth-order valence-electron chi connectivity index (χ4n) is 14.2. The minimum atomic E-state index is -1.86. The van der Waals surface area contributed by atoms with E-state index in [0.29, 0.717) is 42.4 Å². The van der Waals surface area contributed by atoms with Crippen LogP contribution in [0.4, 0.5) is 0 Å². The first-order valence-electron chi connectivity index (χ1n) is 44.7. The van der Waals surface area contributed by atoms with E-state index in [1.165, 1.54) is 0 Å². The van der Waals surface area contributed by atoms with Crippen LogP contribution in [0.2, 0.25) is 0 Å². The average Bonchev–Trinajstić information content (AvgIpc) is 1.66. The Kier molecular flexibility index (Phi) is 48.9. The maximum Gasteiger partial charge on any atom is 0.305 e. The zero-order valence-corrected chi connectivity index (χ0v) is 75.9. The highest BCUT2D eigenvalue weighted by Gasteiger charge is 2.39. The Bertz CT molecular complexity index is 4700. The van der Waals surface area contributed by atoms with E-state index in [0.717, 1.165) is 16.5 Å². The molecule has 734 valence electrons. The van der Waals surface area contributed by atoms with Gasteiger partial charge in [-0.2, -0.15) is 0 Å². The number of aliphatic carboxylic acids is 2. The largest absolute Gasteiger partial charge is 0.481 e. The highest BCUT2D eigenvalue weighted by atomic mass is 16.4. The molecule has 134 heavy (non-hydrogen) atoms. The van der Waals surface area contributed by atoms with Gasteiger partial charge in [-0.25, -0.2) is 0 Å². The number of amides is 15. The molecule has 0 unspecified atom stereocenters. The third kappa shape index (κ3) is 39.9. The van der Waals surface area contributed by atoms with E-state index in [9.17, 15) is 92.3 Å². The van der Waals surface area contributed by atoms with Gasteiger partial charge in [0.1, 0.15) is 78.5 Å². The third-order valence-electron chi connectivity index (χ3n) is 21.5. The molecule has 5 aromatic rings. The van der Waals surface area contributed by atoms with Crippen molar-refractivity contribution in [3.05, 3.63) is 144 Å². The van der Waals surface area contributed by atoms with Gasteiger partial charge in [0.2, 0.25) is 88.6 Å². The lowest BCUT2D eigenvalue weighted by atomic mass is 10.00. The molecule has 0 saturated heterocycles. The number of aromatic nitrogens is 1. The van der Waals surface area contributed by atoms with Crippen molar-refractivity contribution in [2.24, 2.45) is 46.2 Å². The predicted molar refractivity (Wildman–Crippen MR) is 493 cm³/mol. The lowest BCUT2D eigenvalue weighted by Crippen LogP contribution is -2.62. The molecule has 0 saturated carbocycles. The molecule has 0 aliphatic rings. The standard InChI is InChI=1S/C90H133N23O21/c1-51(2)41-66(83(128)105-64(35-36-73(117)118)78(123)100-48-72(116)101-70(49-114)87(132)110-68(43-54-25-10-6-11-26-54)85(130)107-65(76(95)121)46-74(119)120)108-80(125)60(31-16-19-37-91)104-84(129)67(42-53-23-8-5-9-24-53)109-86(131)69(44-55-27-12-7-13-28-55)111-88(133)71(50-115)112-81(126)61(32-17-20-38-92)103-79(124)63(34-22-40-98-90(96)97)106-89(134)75(52(3)4)113-82(127)62(33-18-21-39-93)102-77(122)58(94)45-56-47-99-59-30-15-14-29-57(56)59/h5-15,23-30,47,51-52,58,60-71,75,99,114-115H,16-22,31-46,48-50,91-94H2,1-4H3,(H2,95,121)(H,100,123)(H,101,116)(H,102,122)(H,103,124)(H,104,129)(H,105,128)(H,106,134)(H,107,130)(H,108,125)(H,109,131)(H,110,132)(H,111,133)(H,112,126)(H,113,127)(H,117,118)(H,119,120)(H4,96,97,98)/t58-,60-,61-,62-,63-,64-,65-,66-,67-,68-,69-,70-,71-,75-/m0/s1. The number of benzene rings is 4. The molecular weight excluding hydrogens is 1740 g/mol. The van der Waals surface area contributed by atoms with Crippen LogP contribution in [0.1, 0.15) is 146 Å². The maximum atomic E-state index is 15.1. The van der Waals surface area contributed by atoms with Crippen LogP contribution in [-0.2, 0) is 107 Å². The molecule has 0 radical (unpaired) electrons. The summed E-state index contributed by atoms with van der Waals surface area (Å²) >= 11 is 0. The third-order valence-corrected chi connectivity index (χ3v) is 21.5. The second-order valence-corrected chi connectivity index (χ2v) is 33.2. The normalized spacial score (nSPS) is 14.3. The first kappa shape index (κ1) is 111. The number of hydrogen-bond acceptors (Lipinski definition) is 24. The lowest BCUT2D eigenvalue weighted by molar-refractivity contribution is -0.140. The molecule has 44 nitrogen and oxygen atoms in total. The van der Waals surface area contributed by atoms with Crippen molar-refractivity contribution < 1.29 is 102 Å². The lowest BCUT2D eigenvalue weighted by Gasteiger charge is -2.29. The number of aromatic amines is 1. The van der Waals surface area contributed by atoms with E-state index in [-0.39, 0.29) is 103 Å². The molecule has 33 N–H and O–H groups in total. The molecule has 14 atom stereocenters. The number of hydrogen-bond donors (Lipinski definition) is 27. The number of carbonyl (C=O) groups is 17. The first-order chi connectivity index (χ1) is 63.9. The van der Waals surface area contributed by atoms with Crippen molar-refractivity contribution in [1.82, 2.24) is 84.7 Å². The number of aliphatic hydroxyl groups excluding tert-OH is 2. The van der Waals surface area contributed by atoms with Gasteiger partial charge in [-0.15, -0.1) is 0 Å². The highest BCUT2D eigenvalue weighted by molar-refractivity contribution is 6.01. The predicted octanol–water partition coefficient (Wildman–Crippen LogP) is -4.65. The molecule has 1 heterocycles. The first-order valence-corrected chi connectivity index (χ1v) is 44.7. The van der Waals surface area contributed by atoms with Gasteiger partial charge in [-0.3, -0.25) is 86.9 Å². The van der Waals surface area contributed by atoms with Gasteiger partial charge < -0.3 is 140 Å². The van der Waals surface area contributed by atoms with Gasteiger partial charge in [0.15, 0.2) is 5.96 Å². The van der Waals surface area contributed by atoms with E-state index < -0.39 is 242 Å². The molecule has 0 aliphatic carbocycles. The van der Waals surface area contributed by atoms with Gasteiger partial charge in [0.25, 0.3) is 0 Å². The number of primary amides is 1. The highest BCUT2D eigenvalue weighted by Crippen LogP contribution is 2.21. The van der Waals surface area contributed by atoms with Crippen molar-refractivity contribution in [1.29, 1.82) is 5.41 Å². The quantitative estimate of drug-likeness (QED) is 0.00989. The molecule has 4 aromatic carbocycles. The van der Waals surface area contributed by atoms with Crippen LogP contribution in [0.15, 0.2) is 121 Å². The summed E-state index contributed by atoms with van der Waals surface area (Å²) in [6.07, 6.45) is 0.497. The number of unbranched alkanes of at least 4 members (excludes halogenated alkanes) is 3. The molecule has 0 aliphatic heterocycles. The van der Waals surface area contributed by atoms with Crippen LogP contribution in [-0.4, -0.2) is 262 Å². The number of carboxylic acids is 2. The number of fused-ring (bicyclic) bond motifs is 1. The summed E-state index contributed by atoms with van der Waals surface area (Å²) in [4.78, 5) is 239. The summed E-state index contributed by atoms with van der Waals surface area (Å²) in [6.45, 7) is 4.11. The number of carbonyl (C=O) groups excluding carboxylic acids is 15. The van der Waals surface area contributed by atoms with E-state index in [4.69, 9.17) is 39.8 Å². The summed E-state index contributed by atoms with van der Waals surface area (Å²) in [5.41, 5.74) is 38.0. The number of H-pyrrole nitrogens is 1. The van der Waals surface area contributed by atoms with Crippen LogP contribution in [0, 0.1) is 17.2 Å². The smallest absolute Gasteiger partial charge is 0.305 e. The monoisotopic (exact) mass is 1870 g/mol. The fourth-order valence-corrected chi connectivity index (χ4v) is 14.2. The molecule has 0 spiro atoms. The van der Waals surface area contributed by atoms with Crippen LogP contribution < -0.4 is 114 Å². The number of carboxylic acid groups (broad SMARTS) is 2. The van der Waals surface area contributed by atoms with Crippen LogP contribution in [0.3, 0.4) is 0 Å². The van der Waals surface area contributed by atoms with E-state index in [1.807, 2.05) is 24.3 Å². The Morgan fingerprint density at radius 2 is 0.731 bits per heavy atom. The molecule has 0 bridgehead atoms. The average molecular weight is 1870 g/mol. The summed E-state index contributed by atoms with van der Waals surface area (Å²) in [5, 5.41) is 86.9. The number of para-hydroxylation sites is 1. The fraction of sp³-hybridized carbons (Fsp3) is 0.511. The molecule has 44 heteroatoms. The summed E-state index contributed by atoms with van der Waals surface area (Å²) < 4.78 is 0. The van der Waals surface area contributed by atoms with Gasteiger partial charge in [0, 0.05) is 49.3 Å². The zero-order valence-electron chi connectivity index (χ0n) is 75.9. The second-order valence-electron chi connectivity index (χ2n) is 33.2. The van der Waals surface area contributed by atoms with Crippen LogP contribution >= 0.6 is 0 Å². The van der Waals surface area contributed by atoms with Crippen molar-refractivity contribution in [2.75, 3.05) is 45.9 Å². The van der Waals surface area contributed by atoms with Crippen molar-refractivity contribution in [2.45, 2.75) is 234 Å². The molecule has 1 aromatic heterocycles. The number of rotatable bonds is 63. The number of aliphatic hydroxyl groups is 2. The molecule has 5 rings (SSSR count). The summed E-state index contributed by atoms with van der Waals surface area (Å²) in [7, 11) is 0. The molecular formula is C90H133N23O21. The van der Waals surface area contributed by atoms with Crippen LogP contribution in [0.5, 0.6) is 0 Å². The summed E-state index contributed by atoms with van der Waals surface area (Å²) in [5.74, 6) is -19.2. The van der Waals surface area contributed by atoms with E-state index in [1.54, 1.807) is 125 Å². The van der Waals surface area contributed by atoms with E-state index >= 15 is 9.59 Å². The number of nitrogens with one attached hydrogen (secondary N) is 17. The molecule has 15 amide bonds. The summed E-state index contributed by atoms with van der Waals surface area (Å²) in [6, 6.07) is 10.6. The molecule has 0 fully saturated rings. The Morgan fingerprint density at radius 1 is 0.373 bits per heavy atom. The van der Waals surface area contributed by atoms with Gasteiger partial charge >= 0.3 is 11.9 Å². The zero-order chi connectivity index (χ0) is 98.9. The van der Waals surface area contributed by atoms with E-state index in [2.05, 4.69) is 84.7 Å². The maximum absolute atomic E-state index is 15.1. The minimum Gasteiger partial charge on any atom is -0.481 e. The Balaban J connectivity index is 1.36. The van der Waals surface area contributed by atoms with Crippen molar-refractivity contribution in [3.8, 4) is 0 Å². The number of guanidine groups is 1. The van der Waals surface area contributed by atoms with Crippen LogP contribution in [0.25, 0.3) is 10.9 Å².